The molecule has 76 valence electrons. The number of carboxylic acid groups (broad SMARTS) is 1. The molecule has 2 atom stereocenters. The first-order chi connectivity index (χ1) is 5.93. The monoisotopic (exact) mass is 184 g/mol. The summed E-state index contributed by atoms with van der Waals surface area (Å²) in [7, 11) is 0. The zero-order valence-corrected chi connectivity index (χ0v) is 8.84. The fraction of sp³-hybridized carbons (Fsp3) is 0.909. The van der Waals surface area contributed by atoms with Crippen molar-refractivity contribution in [3.05, 3.63) is 0 Å². The van der Waals surface area contributed by atoms with E-state index < -0.39 is 5.97 Å². The Morgan fingerprint density at radius 3 is 2.62 bits per heavy atom. The Morgan fingerprint density at radius 2 is 2.15 bits per heavy atom. The van der Waals surface area contributed by atoms with Crippen LogP contribution in [0, 0.1) is 17.3 Å². The highest BCUT2D eigenvalue weighted by Gasteiger charge is 2.37. The van der Waals surface area contributed by atoms with Crippen LogP contribution in [0.1, 0.15) is 46.5 Å². The average molecular weight is 184 g/mol. The number of carboxylic acids is 1. The highest BCUT2D eigenvalue weighted by molar-refractivity contribution is 5.67. The van der Waals surface area contributed by atoms with Gasteiger partial charge < -0.3 is 5.11 Å². The van der Waals surface area contributed by atoms with Crippen molar-refractivity contribution < 1.29 is 9.90 Å². The molecule has 1 N–H and O–H groups in total. The topological polar surface area (TPSA) is 37.3 Å². The van der Waals surface area contributed by atoms with Crippen LogP contribution >= 0.6 is 0 Å². The fourth-order valence-electron chi connectivity index (χ4n) is 2.70. The van der Waals surface area contributed by atoms with Crippen LogP contribution in [0.4, 0.5) is 0 Å². The molecule has 2 nitrogen and oxygen atoms in total. The van der Waals surface area contributed by atoms with Gasteiger partial charge in [-0.15, -0.1) is 0 Å². The summed E-state index contributed by atoms with van der Waals surface area (Å²) in [6, 6.07) is 0. The van der Waals surface area contributed by atoms with Crippen LogP contribution in [0.2, 0.25) is 0 Å². The van der Waals surface area contributed by atoms with Gasteiger partial charge in [-0.3, -0.25) is 4.79 Å². The zero-order valence-electron chi connectivity index (χ0n) is 8.84. The molecule has 1 fully saturated rings. The summed E-state index contributed by atoms with van der Waals surface area (Å²) in [4.78, 5) is 10.7. The molecule has 0 saturated heterocycles. The molecule has 0 aromatic heterocycles. The maximum Gasteiger partial charge on any atom is 0.303 e. The van der Waals surface area contributed by atoms with E-state index in [2.05, 4.69) is 20.8 Å². The van der Waals surface area contributed by atoms with E-state index in [4.69, 9.17) is 5.11 Å². The minimum Gasteiger partial charge on any atom is -0.481 e. The summed E-state index contributed by atoms with van der Waals surface area (Å²) in [6.45, 7) is 6.60. The second-order valence-electron chi connectivity index (χ2n) is 5.06. The molecule has 1 aliphatic carbocycles. The maximum atomic E-state index is 10.7. The molecule has 0 radical (unpaired) electrons. The molecule has 0 unspecified atom stereocenters. The Kier molecular flexibility index (Phi) is 2.99. The molecule has 1 rings (SSSR count). The first-order valence-corrected chi connectivity index (χ1v) is 5.15. The molecule has 1 aliphatic rings. The second kappa shape index (κ2) is 3.69. The van der Waals surface area contributed by atoms with Gasteiger partial charge >= 0.3 is 5.97 Å². The standard InChI is InChI=1S/C11H20O2/c1-8-5-4-6-11(2,3)9(8)7-10(12)13/h8-9H,4-7H2,1-3H3,(H,12,13)/t8-,9+/m1/s1. The third kappa shape index (κ3) is 2.45. The molecule has 2 heteroatoms. The van der Waals surface area contributed by atoms with Crippen molar-refractivity contribution >= 4 is 5.97 Å². The number of hydrogen-bond acceptors (Lipinski definition) is 1. The minimum atomic E-state index is -0.646. The van der Waals surface area contributed by atoms with E-state index in [1.807, 2.05) is 0 Å². The van der Waals surface area contributed by atoms with E-state index in [1.54, 1.807) is 0 Å². The zero-order chi connectivity index (χ0) is 10.1. The normalized spacial score (nSPS) is 32.8. The lowest BCUT2D eigenvalue weighted by Crippen LogP contribution is -2.35. The molecule has 13 heavy (non-hydrogen) atoms. The van der Waals surface area contributed by atoms with Crippen LogP contribution in [-0.4, -0.2) is 11.1 Å². The minimum absolute atomic E-state index is 0.218. The quantitative estimate of drug-likeness (QED) is 0.716. The summed E-state index contributed by atoms with van der Waals surface area (Å²) in [5.41, 5.74) is 0.218. The Bertz CT molecular complexity index is 196. The van der Waals surface area contributed by atoms with Crippen molar-refractivity contribution in [2.45, 2.75) is 46.5 Å². The molecular weight excluding hydrogens is 164 g/mol. The van der Waals surface area contributed by atoms with Gasteiger partial charge in [-0.05, 0) is 23.7 Å². The molecule has 0 heterocycles. The molecule has 0 aromatic carbocycles. The van der Waals surface area contributed by atoms with E-state index in [1.165, 1.54) is 19.3 Å². The number of aliphatic carboxylic acids is 1. The first-order valence-electron chi connectivity index (χ1n) is 5.15. The van der Waals surface area contributed by atoms with Crippen LogP contribution in [0.5, 0.6) is 0 Å². The lowest BCUT2D eigenvalue weighted by Gasteiger charge is -2.42. The van der Waals surface area contributed by atoms with E-state index in [9.17, 15) is 4.79 Å². The molecule has 0 amide bonds. The predicted octanol–water partition coefficient (Wildman–Crippen LogP) is 2.92. The summed E-state index contributed by atoms with van der Waals surface area (Å²) in [5.74, 6) is 0.283. The molecule has 0 bridgehead atoms. The van der Waals surface area contributed by atoms with Crippen molar-refractivity contribution in [2.24, 2.45) is 17.3 Å². The molecule has 0 aliphatic heterocycles. The van der Waals surface area contributed by atoms with Gasteiger partial charge in [0.15, 0.2) is 0 Å². The third-order valence-corrected chi connectivity index (χ3v) is 3.57. The third-order valence-electron chi connectivity index (χ3n) is 3.57. The first kappa shape index (κ1) is 10.6. The SMILES string of the molecule is C[C@@H]1CCCC(C)(C)[C@H]1CC(=O)O. The molecule has 1 saturated carbocycles. The Labute approximate surface area is 80.3 Å². The molecule has 0 aromatic rings. The van der Waals surface area contributed by atoms with Crippen molar-refractivity contribution in [3.8, 4) is 0 Å². The van der Waals surface area contributed by atoms with Crippen molar-refractivity contribution in [2.75, 3.05) is 0 Å². The lowest BCUT2D eigenvalue weighted by atomic mass is 9.63. The van der Waals surface area contributed by atoms with Gasteiger partial charge in [0, 0.05) is 6.42 Å². The van der Waals surface area contributed by atoms with Crippen molar-refractivity contribution in [3.63, 3.8) is 0 Å². The molecular formula is C11H20O2. The van der Waals surface area contributed by atoms with Gasteiger partial charge in [0.2, 0.25) is 0 Å². The maximum absolute atomic E-state index is 10.7. The van der Waals surface area contributed by atoms with Crippen LogP contribution in [-0.2, 0) is 4.79 Å². The summed E-state index contributed by atoms with van der Waals surface area (Å²) >= 11 is 0. The summed E-state index contributed by atoms with van der Waals surface area (Å²) < 4.78 is 0. The van der Waals surface area contributed by atoms with Crippen LogP contribution in [0.25, 0.3) is 0 Å². The largest absolute Gasteiger partial charge is 0.481 e. The lowest BCUT2D eigenvalue weighted by molar-refractivity contribution is -0.140. The summed E-state index contributed by atoms with van der Waals surface area (Å²) in [6.07, 6.45) is 3.97. The number of hydrogen-bond donors (Lipinski definition) is 1. The Balaban J connectivity index is 2.68. The Hall–Kier alpha value is -0.530. The predicted molar refractivity (Wildman–Crippen MR) is 52.5 cm³/mol. The Morgan fingerprint density at radius 1 is 1.54 bits per heavy atom. The average Bonchev–Trinajstić information content (AvgIpc) is 1.96. The van der Waals surface area contributed by atoms with E-state index in [-0.39, 0.29) is 5.41 Å². The van der Waals surface area contributed by atoms with Crippen LogP contribution < -0.4 is 0 Å². The van der Waals surface area contributed by atoms with Crippen LogP contribution in [0.15, 0.2) is 0 Å². The second-order valence-corrected chi connectivity index (χ2v) is 5.06. The van der Waals surface area contributed by atoms with Gasteiger partial charge in [-0.25, -0.2) is 0 Å². The molecule has 0 spiro atoms. The number of carbonyl (C=O) groups is 1. The van der Waals surface area contributed by atoms with E-state index in [0.717, 1.165) is 0 Å². The highest BCUT2D eigenvalue weighted by Crippen LogP contribution is 2.45. The van der Waals surface area contributed by atoms with Crippen molar-refractivity contribution in [1.82, 2.24) is 0 Å². The van der Waals surface area contributed by atoms with Crippen molar-refractivity contribution in [1.29, 1.82) is 0 Å². The van der Waals surface area contributed by atoms with Gasteiger partial charge in [-0.1, -0.05) is 33.6 Å². The van der Waals surface area contributed by atoms with Gasteiger partial charge in [0.1, 0.15) is 0 Å². The smallest absolute Gasteiger partial charge is 0.303 e. The van der Waals surface area contributed by atoms with Crippen LogP contribution in [0.3, 0.4) is 0 Å². The number of rotatable bonds is 2. The van der Waals surface area contributed by atoms with E-state index in [0.29, 0.717) is 18.3 Å². The van der Waals surface area contributed by atoms with E-state index >= 15 is 0 Å². The van der Waals surface area contributed by atoms with Gasteiger partial charge in [0.05, 0.1) is 0 Å². The fourth-order valence-corrected chi connectivity index (χ4v) is 2.70. The summed E-state index contributed by atoms with van der Waals surface area (Å²) in [5, 5.41) is 8.82. The van der Waals surface area contributed by atoms with Gasteiger partial charge in [-0.2, -0.15) is 0 Å². The highest BCUT2D eigenvalue weighted by atomic mass is 16.4. The van der Waals surface area contributed by atoms with Gasteiger partial charge in [0.25, 0.3) is 0 Å².